The zero-order valence-electron chi connectivity index (χ0n) is 15.7. The van der Waals surface area contributed by atoms with E-state index in [1.807, 2.05) is 0 Å². The summed E-state index contributed by atoms with van der Waals surface area (Å²) < 4.78 is 18.4. The highest BCUT2D eigenvalue weighted by molar-refractivity contribution is 6.00. The molecule has 0 unspecified atom stereocenters. The van der Waals surface area contributed by atoms with Crippen LogP contribution in [0, 0.1) is 11.2 Å². The first-order valence-electron chi connectivity index (χ1n) is 9.72. The molecule has 2 aliphatic heterocycles. The minimum absolute atomic E-state index is 0.00903. The normalized spacial score (nSPS) is 32.7. The van der Waals surface area contributed by atoms with E-state index < -0.39 is 0 Å². The number of halogens is 1. The first-order valence-corrected chi connectivity index (χ1v) is 9.72. The van der Waals surface area contributed by atoms with E-state index in [9.17, 15) is 9.18 Å². The monoisotopic (exact) mass is 369 g/mol. The number of likely N-dealkylation sites (N-methyl/N-ethyl adjacent to an activating group) is 1. The zero-order chi connectivity index (χ0) is 18.8. The number of hydrogen-bond acceptors (Lipinski definition) is 4. The van der Waals surface area contributed by atoms with Gasteiger partial charge in [0.1, 0.15) is 23.3 Å². The van der Waals surface area contributed by atoms with E-state index in [-0.39, 0.29) is 29.2 Å². The van der Waals surface area contributed by atoms with Crippen LogP contribution in [-0.4, -0.2) is 52.6 Å². The van der Waals surface area contributed by atoms with E-state index in [1.54, 1.807) is 12.1 Å². The molecular weight excluding hydrogens is 345 g/mol. The summed E-state index contributed by atoms with van der Waals surface area (Å²) in [7, 11) is 2.19. The largest absolute Gasteiger partial charge is 0.363 e. The first-order chi connectivity index (χ1) is 13.0. The quantitative estimate of drug-likeness (QED) is 0.812. The molecule has 2 saturated heterocycles. The first kappa shape index (κ1) is 16.9. The van der Waals surface area contributed by atoms with E-state index in [1.165, 1.54) is 24.8 Å². The summed E-state index contributed by atoms with van der Waals surface area (Å²) in [5, 5.41) is 4.05. The van der Waals surface area contributed by atoms with Crippen LogP contribution in [0.2, 0.25) is 0 Å². The Kier molecular flexibility index (Phi) is 3.69. The Morgan fingerprint density at radius 2 is 2.00 bits per heavy atom. The van der Waals surface area contributed by atoms with Gasteiger partial charge in [-0.1, -0.05) is 12.1 Å². The van der Waals surface area contributed by atoms with Crippen molar-refractivity contribution < 1.29 is 13.7 Å². The lowest BCUT2D eigenvalue weighted by atomic mass is 9.66. The molecular formula is C21H24FN3O2. The van der Waals surface area contributed by atoms with Crippen molar-refractivity contribution in [3.05, 3.63) is 41.9 Å². The van der Waals surface area contributed by atoms with Gasteiger partial charge in [-0.2, -0.15) is 0 Å². The molecule has 0 N–H and O–H groups in total. The van der Waals surface area contributed by atoms with E-state index in [4.69, 9.17) is 4.52 Å². The predicted molar refractivity (Wildman–Crippen MR) is 98.6 cm³/mol. The number of carbonyl (C=O) groups is 1. The molecule has 1 aromatic carbocycles. The van der Waals surface area contributed by atoms with Gasteiger partial charge in [-0.25, -0.2) is 4.39 Å². The van der Waals surface area contributed by atoms with Crippen LogP contribution in [0.15, 0.2) is 35.1 Å². The van der Waals surface area contributed by atoms with Gasteiger partial charge in [0.2, 0.25) is 0 Å². The van der Waals surface area contributed by atoms with Crippen molar-refractivity contribution in [1.29, 1.82) is 0 Å². The summed E-state index contributed by atoms with van der Waals surface area (Å²) in [6.07, 6.45) is 5.93. The van der Waals surface area contributed by atoms with Crippen molar-refractivity contribution in [2.45, 2.75) is 50.7 Å². The predicted octanol–water partition coefficient (Wildman–Crippen LogP) is 3.57. The fourth-order valence-corrected chi connectivity index (χ4v) is 5.96. The van der Waals surface area contributed by atoms with Crippen molar-refractivity contribution in [3.8, 4) is 11.3 Å². The van der Waals surface area contributed by atoms with Crippen LogP contribution >= 0.6 is 0 Å². The molecule has 5 rings (SSSR count). The lowest BCUT2D eigenvalue weighted by molar-refractivity contribution is 0.0247. The molecule has 6 heteroatoms. The van der Waals surface area contributed by atoms with E-state index in [0.717, 1.165) is 25.8 Å². The molecule has 142 valence electrons. The number of benzene rings is 1. The molecule has 1 amide bonds. The molecule has 3 aliphatic rings. The van der Waals surface area contributed by atoms with Crippen LogP contribution in [0.4, 0.5) is 4.39 Å². The third-order valence-corrected chi connectivity index (χ3v) is 7.07. The molecule has 1 aromatic heterocycles. The summed E-state index contributed by atoms with van der Waals surface area (Å²) in [4.78, 5) is 18.1. The maximum absolute atomic E-state index is 13.6. The van der Waals surface area contributed by atoms with Gasteiger partial charge in [0.25, 0.3) is 5.91 Å². The number of nitrogens with zero attached hydrogens (tertiary/aromatic N) is 3. The standard InChI is InChI=1S/C21H24FN3O2/c1-21-10-15-11-24(2)17(21)4-3-5-18(21)25(15)20(26)16-12-27-23-19(16)13-6-8-14(22)9-7-13/h6-9,12,15,17-18H,3-5,10-11H2,1-2H3/t15-,17+,18-,21+/m0/s1. The highest BCUT2D eigenvalue weighted by Crippen LogP contribution is 2.54. The number of fused-ring (bicyclic) bond motifs is 1. The Bertz CT molecular complexity index is 880. The molecule has 27 heavy (non-hydrogen) atoms. The second kappa shape index (κ2) is 5.89. The van der Waals surface area contributed by atoms with Gasteiger partial charge >= 0.3 is 0 Å². The van der Waals surface area contributed by atoms with Crippen molar-refractivity contribution in [2.75, 3.05) is 13.6 Å². The minimum atomic E-state index is -0.312. The third-order valence-electron chi connectivity index (χ3n) is 7.07. The maximum atomic E-state index is 13.6. The summed E-state index contributed by atoms with van der Waals surface area (Å²) in [5.41, 5.74) is 1.81. The Balaban J connectivity index is 1.52. The summed E-state index contributed by atoms with van der Waals surface area (Å²) in [6, 6.07) is 7.06. The average molecular weight is 369 g/mol. The average Bonchev–Trinajstić information content (AvgIpc) is 3.22. The molecule has 5 nitrogen and oxygen atoms in total. The van der Waals surface area contributed by atoms with Crippen LogP contribution in [0.3, 0.4) is 0 Å². The second-order valence-corrected chi connectivity index (χ2v) is 8.56. The number of aromatic nitrogens is 1. The van der Waals surface area contributed by atoms with E-state index in [2.05, 4.69) is 28.9 Å². The fourth-order valence-electron chi connectivity index (χ4n) is 5.96. The van der Waals surface area contributed by atoms with Gasteiger partial charge in [-0.05, 0) is 57.0 Å². The van der Waals surface area contributed by atoms with Gasteiger partial charge in [0.15, 0.2) is 0 Å². The summed E-state index contributed by atoms with van der Waals surface area (Å²) in [6.45, 7) is 3.27. The topological polar surface area (TPSA) is 49.6 Å². The zero-order valence-corrected chi connectivity index (χ0v) is 15.7. The van der Waals surface area contributed by atoms with Gasteiger partial charge in [-0.15, -0.1) is 0 Å². The molecule has 2 aromatic rings. The molecule has 0 spiro atoms. The third kappa shape index (κ3) is 2.39. The Morgan fingerprint density at radius 3 is 2.78 bits per heavy atom. The molecule has 2 bridgehead atoms. The van der Waals surface area contributed by atoms with Crippen LogP contribution in [-0.2, 0) is 0 Å². The molecule has 0 radical (unpaired) electrons. The lowest BCUT2D eigenvalue weighted by Crippen LogP contribution is -2.54. The number of likely N-dealkylation sites (tertiary alicyclic amines) is 2. The van der Waals surface area contributed by atoms with Crippen LogP contribution in [0.1, 0.15) is 43.0 Å². The fraction of sp³-hybridized carbons (Fsp3) is 0.524. The number of amides is 1. The van der Waals surface area contributed by atoms with Crippen molar-refractivity contribution in [1.82, 2.24) is 15.0 Å². The van der Waals surface area contributed by atoms with E-state index in [0.29, 0.717) is 22.9 Å². The maximum Gasteiger partial charge on any atom is 0.260 e. The van der Waals surface area contributed by atoms with Crippen LogP contribution in [0.25, 0.3) is 11.3 Å². The van der Waals surface area contributed by atoms with Gasteiger partial charge in [0, 0.05) is 35.6 Å². The number of rotatable bonds is 2. The van der Waals surface area contributed by atoms with Crippen molar-refractivity contribution >= 4 is 5.91 Å². The van der Waals surface area contributed by atoms with Crippen molar-refractivity contribution in [2.24, 2.45) is 5.41 Å². The second-order valence-electron chi connectivity index (χ2n) is 8.56. The van der Waals surface area contributed by atoms with E-state index >= 15 is 0 Å². The highest BCUT2D eigenvalue weighted by atomic mass is 19.1. The Morgan fingerprint density at radius 1 is 1.26 bits per heavy atom. The molecule has 3 fully saturated rings. The highest BCUT2D eigenvalue weighted by Gasteiger charge is 2.60. The molecule has 3 heterocycles. The molecule has 1 aliphatic carbocycles. The van der Waals surface area contributed by atoms with Gasteiger partial charge in [-0.3, -0.25) is 4.79 Å². The van der Waals surface area contributed by atoms with Gasteiger partial charge in [0.05, 0.1) is 0 Å². The Hall–Kier alpha value is -2.21. The summed E-state index contributed by atoms with van der Waals surface area (Å²) in [5.74, 6) is -0.321. The molecule has 1 saturated carbocycles. The minimum Gasteiger partial charge on any atom is -0.363 e. The Labute approximate surface area is 158 Å². The summed E-state index contributed by atoms with van der Waals surface area (Å²) >= 11 is 0. The number of hydrogen-bond donors (Lipinski definition) is 0. The van der Waals surface area contributed by atoms with Crippen LogP contribution < -0.4 is 0 Å². The SMILES string of the molecule is CN1C[C@@H]2C[C@@]3(C)[C@H](CCC[C@@H]13)N2C(=O)c1conc1-c1ccc(F)cc1. The number of carbonyl (C=O) groups excluding carboxylic acids is 1. The lowest BCUT2D eigenvalue weighted by Gasteiger charge is -2.48. The number of piperidine rings is 1. The molecule has 4 atom stereocenters. The smallest absolute Gasteiger partial charge is 0.260 e. The van der Waals surface area contributed by atoms with Crippen molar-refractivity contribution in [3.63, 3.8) is 0 Å². The van der Waals surface area contributed by atoms with Gasteiger partial charge < -0.3 is 14.3 Å². The van der Waals surface area contributed by atoms with Crippen LogP contribution in [0.5, 0.6) is 0 Å².